The van der Waals surface area contributed by atoms with E-state index in [4.69, 9.17) is 4.74 Å². The number of allylic oxidation sites excluding steroid dienone is 1. The Morgan fingerprint density at radius 3 is 2.55 bits per heavy atom. The Bertz CT molecular complexity index is 829. The predicted molar refractivity (Wildman–Crippen MR) is 91.4 cm³/mol. The number of benzene rings is 1. The molecule has 0 saturated carbocycles. The first-order chi connectivity index (χ1) is 10.7. The summed E-state index contributed by atoms with van der Waals surface area (Å²) in [6, 6.07) is 10.1. The van der Waals surface area contributed by atoms with Crippen molar-refractivity contribution in [2.75, 3.05) is 7.11 Å². The second-order valence-corrected chi connectivity index (χ2v) is 5.39. The molecule has 0 amide bonds. The van der Waals surface area contributed by atoms with Crippen LogP contribution in [-0.2, 0) is 6.54 Å². The zero-order chi connectivity index (χ0) is 15.7. The number of hydrogen-bond acceptors (Lipinski definition) is 2. The standard InChI is InChI=1S/C19H20N2O/c1-5-12-21-14(3)13(2)17-10-11-20-18(19(17)21)15-6-8-16(22-4)9-7-15/h5-11H,1,12H2,2-4H3. The van der Waals surface area contributed by atoms with Crippen molar-refractivity contribution in [1.29, 1.82) is 0 Å². The molecular formula is C19H20N2O. The Hall–Kier alpha value is -2.55. The van der Waals surface area contributed by atoms with Gasteiger partial charge in [0.2, 0.25) is 0 Å². The first-order valence-corrected chi connectivity index (χ1v) is 7.37. The van der Waals surface area contributed by atoms with Gasteiger partial charge in [0.1, 0.15) is 5.75 Å². The molecule has 0 atom stereocenters. The van der Waals surface area contributed by atoms with Crippen LogP contribution in [0.1, 0.15) is 11.3 Å². The molecule has 0 aliphatic heterocycles. The Labute approximate surface area is 130 Å². The normalized spacial score (nSPS) is 10.9. The number of pyridine rings is 1. The van der Waals surface area contributed by atoms with Crippen LogP contribution in [0.5, 0.6) is 5.75 Å². The summed E-state index contributed by atoms with van der Waals surface area (Å²) >= 11 is 0. The number of aromatic nitrogens is 2. The van der Waals surface area contributed by atoms with E-state index in [1.165, 1.54) is 22.2 Å². The van der Waals surface area contributed by atoms with Crippen LogP contribution in [0.15, 0.2) is 49.2 Å². The van der Waals surface area contributed by atoms with Gasteiger partial charge in [0.15, 0.2) is 0 Å². The summed E-state index contributed by atoms with van der Waals surface area (Å²) < 4.78 is 7.52. The van der Waals surface area contributed by atoms with E-state index >= 15 is 0 Å². The highest BCUT2D eigenvalue weighted by molar-refractivity contribution is 5.95. The molecule has 2 aromatic heterocycles. The van der Waals surface area contributed by atoms with Crippen molar-refractivity contribution in [1.82, 2.24) is 9.55 Å². The van der Waals surface area contributed by atoms with Crippen LogP contribution in [-0.4, -0.2) is 16.7 Å². The maximum Gasteiger partial charge on any atom is 0.118 e. The molecule has 0 bridgehead atoms. The van der Waals surface area contributed by atoms with E-state index in [0.29, 0.717) is 0 Å². The summed E-state index contributed by atoms with van der Waals surface area (Å²) in [5.41, 5.74) is 5.82. The molecule has 3 rings (SSSR count). The third-order valence-electron chi connectivity index (χ3n) is 4.22. The topological polar surface area (TPSA) is 27.1 Å². The highest BCUT2D eigenvalue weighted by atomic mass is 16.5. The van der Waals surface area contributed by atoms with E-state index in [9.17, 15) is 0 Å². The molecule has 0 spiro atoms. The van der Waals surface area contributed by atoms with Crippen LogP contribution in [0.4, 0.5) is 0 Å². The second kappa shape index (κ2) is 5.68. The molecule has 3 heteroatoms. The molecule has 22 heavy (non-hydrogen) atoms. The molecule has 3 nitrogen and oxygen atoms in total. The van der Waals surface area contributed by atoms with Crippen molar-refractivity contribution in [2.24, 2.45) is 0 Å². The van der Waals surface area contributed by atoms with Crippen LogP contribution in [0.25, 0.3) is 22.2 Å². The van der Waals surface area contributed by atoms with E-state index in [2.05, 4.69) is 48.2 Å². The Kier molecular flexibility index (Phi) is 3.72. The molecule has 0 fully saturated rings. The molecule has 0 aliphatic carbocycles. The summed E-state index contributed by atoms with van der Waals surface area (Å²) in [5.74, 6) is 0.852. The minimum absolute atomic E-state index is 0.783. The SMILES string of the molecule is C=CCn1c(C)c(C)c2ccnc(-c3ccc(OC)cc3)c21. The lowest BCUT2D eigenvalue weighted by Crippen LogP contribution is -1.99. The third-order valence-corrected chi connectivity index (χ3v) is 4.22. The van der Waals surface area contributed by atoms with Crippen molar-refractivity contribution >= 4 is 10.9 Å². The zero-order valence-electron chi connectivity index (χ0n) is 13.3. The Morgan fingerprint density at radius 1 is 1.18 bits per heavy atom. The van der Waals surface area contributed by atoms with Crippen LogP contribution in [0.3, 0.4) is 0 Å². The number of methoxy groups -OCH3 is 1. The fourth-order valence-electron chi connectivity index (χ4n) is 2.91. The van der Waals surface area contributed by atoms with Gasteiger partial charge in [-0.1, -0.05) is 6.08 Å². The zero-order valence-corrected chi connectivity index (χ0v) is 13.3. The number of fused-ring (bicyclic) bond motifs is 1. The minimum atomic E-state index is 0.783. The monoisotopic (exact) mass is 292 g/mol. The molecular weight excluding hydrogens is 272 g/mol. The number of aryl methyl sites for hydroxylation is 1. The first kappa shape index (κ1) is 14.4. The van der Waals surface area contributed by atoms with Gasteiger partial charge < -0.3 is 9.30 Å². The van der Waals surface area contributed by atoms with Crippen molar-refractivity contribution < 1.29 is 4.74 Å². The lowest BCUT2D eigenvalue weighted by molar-refractivity contribution is 0.415. The number of rotatable bonds is 4. The summed E-state index contributed by atoms with van der Waals surface area (Å²) in [5, 5.41) is 1.25. The minimum Gasteiger partial charge on any atom is -0.497 e. The smallest absolute Gasteiger partial charge is 0.118 e. The lowest BCUT2D eigenvalue weighted by Gasteiger charge is -2.09. The van der Waals surface area contributed by atoms with Gasteiger partial charge in [-0.05, 0) is 49.7 Å². The van der Waals surface area contributed by atoms with Gasteiger partial charge in [-0.3, -0.25) is 4.98 Å². The molecule has 0 radical (unpaired) electrons. The van der Waals surface area contributed by atoms with E-state index in [-0.39, 0.29) is 0 Å². The maximum absolute atomic E-state index is 5.24. The summed E-state index contributed by atoms with van der Waals surface area (Å²) in [6.07, 6.45) is 3.81. The third kappa shape index (κ3) is 2.19. The van der Waals surface area contributed by atoms with Gasteiger partial charge in [0, 0.05) is 29.4 Å². The van der Waals surface area contributed by atoms with Crippen molar-refractivity contribution in [3.05, 3.63) is 60.4 Å². The Morgan fingerprint density at radius 2 is 1.91 bits per heavy atom. The fourth-order valence-corrected chi connectivity index (χ4v) is 2.91. The molecule has 2 heterocycles. The maximum atomic E-state index is 5.24. The largest absolute Gasteiger partial charge is 0.497 e. The molecule has 112 valence electrons. The number of nitrogens with zero attached hydrogens (tertiary/aromatic N) is 2. The number of ether oxygens (including phenoxy) is 1. The molecule has 0 unspecified atom stereocenters. The quantitative estimate of drug-likeness (QED) is 0.661. The van der Waals surface area contributed by atoms with Gasteiger partial charge >= 0.3 is 0 Å². The molecule has 1 aromatic carbocycles. The molecule has 0 N–H and O–H groups in total. The van der Waals surface area contributed by atoms with Gasteiger partial charge in [-0.25, -0.2) is 0 Å². The lowest BCUT2D eigenvalue weighted by atomic mass is 10.1. The van der Waals surface area contributed by atoms with Gasteiger partial charge in [-0.15, -0.1) is 6.58 Å². The van der Waals surface area contributed by atoms with Crippen LogP contribution < -0.4 is 4.74 Å². The van der Waals surface area contributed by atoms with Crippen molar-refractivity contribution in [3.63, 3.8) is 0 Å². The molecule has 0 saturated heterocycles. The van der Waals surface area contributed by atoms with Gasteiger partial charge in [-0.2, -0.15) is 0 Å². The average molecular weight is 292 g/mol. The van der Waals surface area contributed by atoms with E-state index < -0.39 is 0 Å². The first-order valence-electron chi connectivity index (χ1n) is 7.37. The van der Waals surface area contributed by atoms with Gasteiger partial charge in [0.25, 0.3) is 0 Å². The summed E-state index contributed by atoms with van der Waals surface area (Å²) in [4.78, 5) is 4.63. The van der Waals surface area contributed by atoms with Crippen LogP contribution in [0.2, 0.25) is 0 Å². The predicted octanol–water partition coefficient (Wildman–Crippen LogP) is 4.51. The molecule has 0 aliphatic rings. The summed E-state index contributed by atoms with van der Waals surface area (Å²) in [7, 11) is 1.68. The van der Waals surface area contributed by atoms with E-state index in [1.54, 1.807) is 7.11 Å². The van der Waals surface area contributed by atoms with Gasteiger partial charge in [0.05, 0.1) is 18.3 Å². The summed E-state index contributed by atoms with van der Waals surface area (Å²) in [6.45, 7) is 8.97. The highest BCUT2D eigenvalue weighted by Gasteiger charge is 2.15. The Balaban J connectivity index is 2.28. The highest BCUT2D eigenvalue weighted by Crippen LogP contribution is 2.32. The van der Waals surface area contributed by atoms with Crippen LogP contribution >= 0.6 is 0 Å². The van der Waals surface area contributed by atoms with Crippen LogP contribution in [0, 0.1) is 13.8 Å². The fraction of sp³-hybridized carbons (Fsp3) is 0.211. The van der Waals surface area contributed by atoms with Crippen molar-refractivity contribution in [2.45, 2.75) is 20.4 Å². The molecule has 3 aromatic rings. The second-order valence-electron chi connectivity index (χ2n) is 5.39. The average Bonchev–Trinajstić information content (AvgIpc) is 2.80. The van der Waals surface area contributed by atoms with E-state index in [1.807, 2.05) is 24.4 Å². The van der Waals surface area contributed by atoms with Crippen molar-refractivity contribution in [3.8, 4) is 17.0 Å². The number of hydrogen-bond donors (Lipinski definition) is 0. The van der Waals surface area contributed by atoms with E-state index in [0.717, 1.165) is 23.6 Å².